The number of hydrogen-bond donors (Lipinski definition) is 3. The van der Waals surface area contributed by atoms with Crippen LogP contribution in [0.5, 0.6) is 5.75 Å². The van der Waals surface area contributed by atoms with Crippen molar-refractivity contribution in [1.29, 1.82) is 10.8 Å². The van der Waals surface area contributed by atoms with E-state index >= 15 is 0 Å². The minimum atomic E-state index is -1.20. The van der Waals surface area contributed by atoms with Crippen molar-refractivity contribution in [1.82, 2.24) is 5.32 Å². The molecule has 0 saturated heterocycles. The Labute approximate surface area is 103 Å². The molecule has 0 aliphatic carbocycles. The van der Waals surface area contributed by atoms with Crippen molar-refractivity contribution >= 4 is 20.7 Å². The zero-order valence-corrected chi connectivity index (χ0v) is 11.3. The molecule has 0 amide bonds. The minimum Gasteiger partial charge on any atom is -0.546 e. The topological polar surface area (TPSA) is 69.0 Å². The summed E-state index contributed by atoms with van der Waals surface area (Å²) in [6, 6.07) is 7.81. The van der Waals surface area contributed by atoms with Crippen LogP contribution in [0.15, 0.2) is 18.2 Å². The molecule has 1 aliphatic heterocycles. The lowest BCUT2D eigenvalue weighted by atomic mass is 10.1. The number of fused-ring (bicyclic) bond motifs is 1. The molecule has 0 unspecified atom stereocenters. The van der Waals surface area contributed by atoms with Gasteiger partial charge >= 0.3 is 0 Å². The van der Waals surface area contributed by atoms with Gasteiger partial charge in [0.2, 0.25) is 9.04 Å². The van der Waals surface area contributed by atoms with Crippen LogP contribution in [0.3, 0.4) is 0 Å². The van der Waals surface area contributed by atoms with Gasteiger partial charge in [-0.05, 0) is 18.2 Å². The van der Waals surface area contributed by atoms with Crippen molar-refractivity contribution in [3.05, 3.63) is 29.3 Å². The normalized spacial score (nSPS) is 13.8. The fourth-order valence-electron chi connectivity index (χ4n) is 1.99. The van der Waals surface area contributed by atoms with Gasteiger partial charge in [0.1, 0.15) is 17.4 Å². The highest BCUT2D eigenvalue weighted by atomic mass is 28.3. The summed E-state index contributed by atoms with van der Waals surface area (Å²) in [7, 11) is -1.20. The summed E-state index contributed by atoms with van der Waals surface area (Å²) in [5.41, 5.74) is 1.52. The molecule has 0 atom stereocenters. The van der Waals surface area contributed by atoms with E-state index in [1.807, 2.05) is 18.2 Å². The van der Waals surface area contributed by atoms with Crippen LogP contribution >= 0.6 is 0 Å². The average Bonchev–Trinajstić information content (AvgIpc) is 2.63. The first-order chi connectivity index (χ1) is 8.17. The van der Waals surface area contributed by atoms with Crippen molar-refractivity contribution in [3.8, 4) is 5.75 Å². The van der Waals surface area contributed by atoms with Gasteiger partial charge in [-0.3, -0.25) is 10.8 Å². The van der Waals surface area contributed by atoms with Crippen LogP contribution in [-0.2, 0) is 0 Å². The van der Waals surface area contributed by atoms with Gasteiger partial charge in [0, 0.05) is 5.56 Å². The molecule has 0 radical (unpaired) electrons. The summed E-state index contributed by atoms with van der Waals surface area (Å²) in [6.45, 7) is 4.30. The first-order valence-corrected chi connectivity index (χ1v) is 8.02. The molecule has 1 aromatic carbocycles. The lowest BCUT2D eigenvalue weighted by Gasteiger charge is -2.16. The number of nitrogens with one attached hydrogen (secondary N) is 3. The van der Waals surface area contributed by atoms with E-state index in [9.17, 15) is 0 Å². The molecule has 0 aromatic heterocycles. The van der Waals surface area contributed by atoms with Gasteiger partial charge in [-0.2, -0.15) is 0 Å². The third-order valence-electron chi connectivity index (χ3n) is 3.00. The van der Waals surface area contributed by atoms with Crippen LogP contribution in [0, 0.1) is 10.8 Å². The molecule has 0 saturated carbocycles. The number of amidine groups is 2. The zero-order valence-electron chi connectivity index (χ0n) is 10.1. The van der Waals surface area contributed by atoms with E-state index in [4.69, 9.17) is 15.2 Å². The molecule has 0 bridgehead atoms. The molecule has 17 heavy (non-hydrogen) atoms. The SMILES string of the molecule is CC[SiH](CC)Oc1cccc2c1C(=N)NC2=N. The first kappa shape index (κ1) is 11.9. The molecule has 4 nitrogen and oxygen atoms in total. The van der Waals surface area contributed by atoms with Crippen molar-refractivity contribution in [2.24, 2.45) is 0 Å². The predicted octanol–water partition coefficient (Wildman–Crippen LogP) is 2.08. The Kier molecular flexibility index (Phi) is 3.28. The molecule has 5 heteroatoms. The molecule has 1 aromatic rings. The summed E-state index contributed by atoms with van der Waals surface area (Å²) in [5, 5.41) is 18.3. The second kappa shape index (κ2) is 4.71. The summed E-state index contributed by atoms with van der Waals surface area (Å²) < 4.78 is 6.04. The number of hydrogen-bond acceptors (Lipinski definition) is 3. The Morgan fingerprint density at radius 1 is 1.18 bits per heavy atom. The Bertz CT molecular complexity index is 469. The van der Waals surface area contributed by atoms with Crippen LogP contribution in [-0.4, -0.2) is 20.7 Å². The lowest BCUT2D eigenvalue weighted by molar-refractivity contribution is 0.565. The van der Waals surface area contributed by atoms with Gasteiger partial charge in [-0.15, -0.1) is 0 Å². The maximum absolute atomic E-state index is 7.84. The van der Waals surface area contributed by atoms with E-state index in [-0.39, 0.29) is 5.84 Å². The van der Waals surface area contributed by atoms with E-state index < -0.39 is 9.04 Å². The van der Waals surface area contributed by atoms with Crippen LogP contribution in [0.1, 0.15) is 25.0 Å². The first-order valence-electron chi connectivity index (χ1n) is 5.91. The van der Waals surface area contributed by atoms with Crippen LogP contribution in [0.25, 0.3) is 0 Å². The summed E-state index contributed by atoms with van der Waals surface area (Å²) >= 11 is 0. The van der Waals surface area contributed by atoms with Crippen LogP contribution < -0.4 is 9.74 Å². The van der Waals surface area contributed by atoms with E-state index in [2.05, 4.69) is 19.2 Å². The fourth-order valence-corrected chi connectivity index (χ4v) is 3.45. The Morgan fingerprint density at radius 2 is 1.88 bits per heavy atom. The third-order valence-corrected chi connectivity index (χ3v) is 5.41. The van der Waals surface area contributed by atoms with Gasteiger partial charge in [0.25, 0.3) is 0 Å². The summed E-state index contributed by atoms with van der Waals surface area (Å²) in [5.74, 6) is 1.34. The Morgan fingerprint density at radius 3 is 2.53 bits per heavy atom. The molecule has 2 rings (SSSR count). The van der Waals surface area contributed by atoms with E-state index in [0.29, 0.717) is 5.84 Å². The fraction of sp³-hybridized carbons (Fsp3) is 0.333. The third kappa shape index (κ3) is 2.10. The highest BCUT2D eigenvalue weighted by Gasteiger charge is 2.25. The van der Waals surface area contributed by atoms with E-state index in [0.717, 1.165) is 29.0 Å². The van der Waals surface area contributed by atoms with Crippen LogP contribution in [0.4, 0.5) is 0 Å². The molecule has 0 spiro atoms. The molecule has 1 heterocycles. The van der Waals surface area contributed by atoms with E-state index in [1.54, 1.807) is 0 Å². The quantitative estimate of drug-likeness (QED) is 0.713. The molecule has 90 valence electrons. The average molecular weight is 247 g/mol. The number of rotatable bonds is 4. The van der Waals surface area contributed by atoms with E-state index in [1.165, 1.54) is 0 Å². The second-order valence-corrected chi connectivity index (χ2v) is 7.22. The highest BCUT2D eigenvalue weighted by molar-refractivity contribution is 6.52. The standard InChI is InChI=1S/C12H17N3OSi/c1-3-17(4-2)16-9-7-5-6-8-10(9)12(14)15-11(8)13/h5-7,17H,3-4H2,1-2H3,(H3,13,14,15). The van der Waals surface area contributed by atoms with Gasteiger partial charge in [0.05, 0.1) is 5.56 Å². The predicted molar refractivity (Wildman–Crippen MR) is 72.0 cm³/mol. The van der Waals surface area contributed by atoms with Crippen molar-refractivity contribution in [2.45, 2.75) is 25.9 Å². The van der Waals surface area contributed by atoms with Gasteiger partial charge in [-0.1, -0.05) is 26.0 Å². The van der Waals surface area contributed by atoms with Crippen molar-refractivity contribution < 1.29 is 4.43 Å². The summed E-state index contributed by atoms with van der Waals surface area (Å²) in [4.78, 5) is 0. The minimum absolute atomic E-state index is 0.278. The van der Waals surface area contributed by atoms with Gasteiger partial charge < -0.3 is 9.74 Å². The monoisotopic (exact) mass is 247 g/mol. The number of benzene rings is 1. The van der Waals surface area contributed by atoms with Crippen molar-refractivity contribution in [3.63, 3.8) is 0 Å². The van der Waals surface area contributed by atoms with Gasteiger partial charge in [0.15, 0.2) is 0 Å². The smallest absolute Gasteiger partial charge is 0.235 e. The molecule has 3 N–H and O–H groups in total. The van der Waals surface area contributed by atoms with Crippen LogP contribution in [0.2, 0.25) is 12.1 Å². The second-order valence-electron chi connectivity index (χ2n) is 4.11. The Balaban J connectivity index is 2.37. The summed E-state index contributed by atoms with van der Waals surface area (Å²) in [6.07, 6.45) is 0. The maximum Gasteiger partial charge on any atom is 0.235 e. The molecular weight excluding hydrogens is 230 g/mol. The van der Waals surface area contributed by atoms with Crippen molar-refractivity contribution in [2.75, 3.05) is 0 Å². The Hall–Kier alpha value is -1.62. The molecule has 1 aliphatic rings. The molecule has 0 fully saturated rings. The largest absolute Gasteiger partial charge is 0.546 e. The zero-order chi connectivity index (χ0) is 12.4. The lowest BCUT2D eigenvalue weighted by Crippen LogP contribution is -2.22. The molecular formula is C12H17N3OSi. The maximum atomic E-state index is 7.84. The van der Waals surface area contributed by atoms with Gasteiger partial charge in [-0.25, -0.2) is 0 Å². The highest BCUT2D eigenvalue weighted by Crippen LogP contribution is 2.27.